The molecule has 0 aliphatic heterocycles. The lowest BCUT2D eigenvalue weighted by Crippen LogP contribution is -2.35. The fourth-order valence-electron chi connectivity index (χ4n) is 1.72. The highest BCUT2D eigenvalue weighted by Crippen LogP contribution is 2.14. The molecule has 0 N–H and O–H groups in total. The van der Waals surface area contributed by atoms with E-state index in [1.165, 1.54) is 17.5 Å². The fourth-order valence-corrected chi connectivity index (χ4v) is 3.24. The molecule has 1 rings (SSSR count). The molecule has 0 radical (unpaired) electrons. The van der Waals surface area contributed by atoms with Crippen molar-refractivity contribution < 1.29 is 13.2 Å². The molecule has 1 aromatic rings. The van der Waals surface area contributed by atoms with Gasteiger partial charge in [0.1, 0.15) is 0 Å². The summed E-state index contributed by atoms with van der Waals surface area (Å²) in [5.74, 6) is -0.200. The minimum atomic E-state index is -3.51. The quantitative estimate of drug-likeness (QED) is 0.682. The second-order valence-electron chi connectivity index (χ2n) is 4.16. The minimum absolute atomic E-state index is 0.200. The largest absolute Gasteiger partial charge is 0.383 e. The van der Waals surface area contributed by atoms with Gasteiger partial charge in [-0.3, -0.25) is 0 Å². The molecule has 0 saturated carbocycles. The summed E-state index contributed by atoms with van der Waals surface area (Å²) in [5, 5.41) is 9.00. The smallest absolute Gasteiger partial charge is 0.218 e. The van der Waals surface area contributed by atoms with Crippen LogP contribution >= 0.6 is 0 Å². The number of benzene rings is 1. The van der Waals surface area contributed by atoms with Crippen molar-refractivity contribution in [3.63, 3.8) is 0 Å². The van der Waals surface area contributed by atoms with E-state index in [2.05, 4.69) is 6.58 Å². The number of hydrogen-bond acceptors (Lipinski definition) is 4. The molecule has 0 aliphatic rings. The molecule has 0 saturated heterocycles. The number of methoxy groups -OCH3 is 1. The van der Waals surface area contributed by atoms with Crippen LogP contribution in [0.3, 0.4) is 0 Å². The summed E-state index contributed by atoms with van der Waals surface area (Å²) in [4.78, 5) is 0. The van der Waals surface area contributed by atoms with E-state index >= 15 is 0 Å². The minimum Gasteiger partial charge on any atom is -0.383 e. The maximum atomic E-state index is 12.4. The van der Waals surface area contributed by atoms with Crippen molar-refractivity contribution in [2.45, 2.75) is 5.75 Å². The summed E-state index contributed by atoms with van der Waals surface area (Å²) < 4.78 is 31.0. The zero-order valence-electron chi connectivity index (χ0n) is 11.4. The van der Waals surface area contributed by atoms with Gasteiger partial charge in [0, 0.05) is 20.2 Å². The number of sulfonamides is 1. The van der Waals surface area contributed by atoms with Crippen molar-refractivity contribution in [3.8, 4) is 6.07 Å². The van der Waals surface area contributed by atoms with Gasteiger partial charge in [0.2, 0.25) is 10.0 Å². The molecule has 0 unspecified atom stereocenters. The normalized spacial score (nSPS) is 11.2. The summed E-state index contributed by atoms with van der Waals surface area (Å²) in [6.45, 7) is 4.36. The standard InChI is InChI=1S/C14H18N2O3S/c1-3-8-16(9-10-19-2)20(17,18)12-14-7-5-4-6-13(14)11-15/h3-7H,1,8-10,12H2,2H3. The molecule has 0 aliphatic carbocycles. The molecular formula is C14H18N2O3S. The van der Waals surface area contributed by atoms with E-state index in [1.807, 2.05) is 6.07 Å². The highest BCUT2D eigenvalue weighted by atomic mass is 32.2. The molecule has 5 nitrogen and oxygen atoms in total. The second kappa shape index (κ2) is 7.80. The van der Waals surface area contributed by atoms with E-state index in [9.17, 15) is 8.42 Å². The summed E-state index contributed by atoms with van der Waals surface area (Å²) in [7, 11) is -1.99. The molecule has 0 bridgehead atoms. The van der Waals surface area contributed by atoms with Crippen molar-refractivity contribution in [2.24, 2.45) is 0 Å². The van der Waals surface area contributed by atoms with Gasteiger partial charge in [0.15, 0.2) is 0 Å². The Morgan fingerprint density at radius 2 is 2.15 bits per heavy atom. The van der Waals surface area contributed by atoms with E-state index < -0.39 is 10.0 Å². The van der Waals surface area contributed by atoms with Crippen molar-refractivity contribution >= 4 is 10.0 Å². The van der Waals surface area contributed by atoms with Gasteiger partial charge in [-0.1, -0.05) is 24.3 Å². The molecule has 0 amide bonds. The van der Waals surface area contributed by atoms with E-state index in [0.717, 1.165) is 0 Å². The Balaban J connectivity index is 2.96. The van der Waals surface area contributed by atoms with Crippen molar-refractivity contribution in [3.05, 3.63) is 48.0 Å². The first-order chi connectivity index (χ1) is 9.55. The van der Waals surface area contributed by atoms with Crippen LogP contribution in [0.2, 0.25) is 0 Å². The summed E-state index contributed by atoms with van der Waals surface area (Å²) >= 11 is 0. The van der Waals surface area contributed by atoms with Crippen LogP contribution in [0.1, 0.15) is 11.1 Å². The van der Waals surface area contributed by atoms with Gasteiger partial charge in [0.05, 0.1) is 24.0 Å². The van der Waals surface area contributed by atoms with Gasteiger partial charge in [-0.2, -0.15) is 9.57 Å². The Hall–Kier alpha value is -1.68. The number of rotatable bonds is 8. The highest BCUT2D eigenvalue weighted by Gasteiger charge is 2.22. The third-order valence-corrected chi connectivity index (χ3v) is 4.54. The molecular weight excluding hydrogens is 276 g/mol. The Morgan fingerprint density at radius 1 is 1.45 bits per heavy atom. The van der Waals surface area contributed by atoms with Crippen LogP contribution in [-0.4, -0.2) is 39.5 Å². The van der Waals surface area contributed by atoms with E-state index in [0.29, 0.717) is 17.7 Å². The first-order valence-corrected chi connectivity index (χ1v) is 7.71. The van der Waals surface area contributed by atoms with Crippen LogP contribution in [0, 0.1) is 11.3 Å². The maximum absolute atomic E-state index is 12.4. The molecule has 108 valence electrons. The van der Waals surface area contributed by atoms with Crippen LogP contribution < -0.4 is 0 Å². The first kappa shape index (κ1) is 16.4. The van der Waals surface area contributed by atoms with Crippen molar-refractivity contribution in [1.29, 1.82) is 5.26 Å². The molecule has 0 spiro atoms. The monoisotopic (exact) mass is 294 g/mol. The third-order valence-electron chi connectivity index (χ3n) is 2.75. The molecule has 1 aromatic carbocycles. The lowest BCUT2D eigenvalue weighted by atomic mass is 10.1. The molecule has 0 atom stereocenters. The summed E-state index contributed by atoms with van der Waals surface area (Å²) in [6.07, 6.45) is 1.53. The van der Waals surface area contributed by atoms with E-state index in [4.69, 9.17) is 10.00 Å². The van der Waals surface area contributed by atoms with E-state index in [1.54, 1.807) is 24.3 Å². The Kier molecular flexibility index (Phi) is 6.39. The van der Waals surface area contributed by atoms with Gasteiger partial charge < -0.3 is 4.74 Å². The van der Waals surface area contributed by atoms with Crippen molar-refractivity contribution in [1.82, 2.24) is 4.31 Å². The topological polar surface area (TPSA) is 70.4 Å². The lowest BCUT2D eigenvalue weighted by molar-refractivity contribution is 0.182. The molecule has 0 aromatic heterocycles. The van der Waals surface area contributed by atoms with Gasteiger partial charge in [-0.15, -0.1) is 6.58 Å². The van der Waals surface area contributed by atoms with Gasteiger partial charge in [-0.25, -0.2) is 8.42 Å². The zero-order valence-corrected chi connectivity index (χ0v) is 12.3. The lowest BCUT2D eigenvalue weighted by Gasteiger charge is -2.20. The fraction of sp³-hybridized carbons (Fsp3) is 0.357. The van der Waals surface area contributed by atoms with E-state index in [-0.39, 0.29) is 18.8 Å². The summed E-state index contributed by atoms with van der Waals surface area (Å²) in [5.41, 5.74) is 0.878. The Labute approximate surface area is 120 Å². The third kappa shape index (κ3) is 4.46. The molecule has 0 heterocycles. The second-order valence-corrected chi connectivity index (χ2v) is 6.13. The molecule has 6 heteroatoms. The molecule has 20 heavy (non-hydrogen) atoms. The van der Waals surface area contributed by atoms with Crippen LogP contribution in [0.15, 0.2) is 36.9 Å². The average Bonchev–Trinajstić information content (AvgIpc) is 2.43. The van der Waals surface area contributed by atoms with Gasteiger partial charge in [0.25, 0.3) is 0 Å². The highest BCUT2D eigenvalue weighted by molar-refractivity contribution is 7.88. The first-order valence-electron chi connectivity index (χ1n) is 6.10. The number of hydrogen-bond donors (Lipinski definition) is 0. The summed E-state index contributed by atoms with van der Waals surface area (Å²) in [6, 6.07) is 8.70. The zero-order chi connectivity index (χ0) is 15.0. The van der Waals surface area contributed by atoms with Crippen LogP contribution in [0.25, 0.3) is 0 Å². The molecule has 0 fully saturated rings. The number of nitriles is 1. The SMILES string of the molecule is C=CCN(CCOC)S(=O)(=O)Cc1ccccc1C#N. The Morgan fingerprint density at radius 3 is 2.75 bits per heavy atom. The number of nitrogens with zero attached hydrogens (tertiary/aromatic N) is 2. The van der Waals surface area contributed by atoms with Crippen LogP contribution in [0.5, 0.6) is 0 Å². The predicted molar refractivity (Wildman–Crippen MR) is 77.4 cm³/mol. The van der Waals surface area contributed by atoms with Crippen LogP contribution in [0.4, 0.5) is 0 Å². The van der Waals surface area contributed by atoms with Crippen LogP contribution in [-0.2, 0) is 20.5 Å². The van der Waals surface area contributed by atoms with Gasteiger partial charge in [-0.05, 0) is 11.6 Å². The predicted octanol–water partition coefficient (Wildman–Crippen LogP) is 1.52. The number of ether oxygens (including phenoxy) is 1. The average molecular weight is 294 g/mol. The Bertz CT molecular complexity index is 591. The van der Waals surface area contributed by atoms with Crippen molar-refractivity contribution in [2.75, 3.05) is 26.8 Å². The maximum Gasteiger partial charge on any atom is 0.218 e. The van der Waals surface area contributed by atoms with Gasteiger partial charge >= 0.3 is 0 Å².